The first kappa shape index (κ1) is 35.3. The Bertz CT molecular complexity index is 1650. The molecule has 3 aromatic rings. The summed E-state index contributed by atoms with van der Waals surface area (Å²) in [6.07, 6.45) is -4.87. The second kappa shape index (κ2) is 14.9. The van der Waals surface area contributed by atoms with Crippen LogP contribution in [0.3, 0.4) is 0 Å². The number of esters is 3. The van der Waals surface area contributed by atoms with E-state index in [1.165, 1.54) is 32.4 Å². The third-order valence-electron chi connectivity index (χ3n) is 7.30. The standard InChI is InChI=1S/C33H40N4O9S/c1-19(38)34-28-30(45-22(4)41)29(44-21(3)40)26(17-42-20(2)39)46-31(28)37-32(47)36(24-11-9-8-10-12-24)27(35-37)18-43-25-15-13-23(14-16-25)33(5,6)7/h8-16,26,28-31H,17-18H2,1-7H3,(H,34,38)/t26-,28-,29-,30-,31-/m1/s1. The van der Waals surface area contributed by atoms with Crippen LogP contribution in [0.5, 0.6) is 5.75 Å². The maximum atomic E-state index is 12.5. The van der Waals surface area contributed by atoms with Crippen LogP contribution < -0.4 is 10.1 Å². The van der Waals surface area contributed by atoms with Crippen molar-refractivity contribution < 1.29 is 42.9 Å². The highest BCUT2D eigenvalue weighted by molar-refractivity contribution is 7.71. The van der Waals surface area contributed by atoms with Gasteiger partial charge in [-0.1, -0.05) is 51.1 Å². The van der Waals surface area contributed by atoms with E-state index in [2.05, 4.69) is 26.1 Å². The number of aromatic nitrogens is 3. The number of nitrogens with zero attached hydrogens (tertiary/aromatic N) is 3. The lowest BCUT2D eigenvalue weighted by molar-refractivity contribution is -0.239. The van der Waals surface area contributed by atoms with Crippen LogP contribution in [0.2, 0.25) is 0 Å². The molecule has 0 bridgehead atoms. The SMILES string of the molecule is CC(=O)N[C@@H]1[C@@H](OC(C)=O)[C@H](OC(C)=O)[C@@H](COC(C)=O)O[C@H]1n1nc(COc2ccc(C(C)(C)C)cc2)n(-c2ccccc2)c1=S. The molecule has 0 aliphatic carbocycles. The van der Waals surface area contributed by atoms with E-state index in [1.54, 1.807) is 4.57 Å². The molecule has 0 spiro atoms. The van der Waals surface area contributed by atoms with Crippen molar-refractivity contribution in [2.24, 2.45) is 0 Å². The summed E-state index contributed by atoms with van der Waals surface area (Å²) in [5.41, 5.74) is 1.81. The van der Waals surface area contributed by atoms with E-state index >= 15 is 0 Å². The van der Waals surface area contributed by atoms with E-state index in [1.807, 2.05) is 54.6 Å². The highest BCUT2D eigenvalue weighted by Crippen LogP contribution is 2.34. The average Bonchev–Trinajstić information content (AvgIpc) is 3.32. The fourth-order valence-corrected chi connectivity index (χ4v) is 5.59. The lowest BCUT2D eigenvalue weighted by Crippen LogP contribution is -2.64. The lowest BCUT2D eigenvalue weighted by atomic mass is 9.87. The average molecular weight is 669 g/mol. The number of rotatable bonds is 10. The van der Waals surface area contributed by atoms with Gasteiger partial charge in [0.2, 0.25) is 10.7 Å². The van der Waals surface area contributed by atoms with Gasteiger partial charge in [-0.25, -0.2) is 4.68 Å². The van der Waals surface area contributed by atoms with Gasteiger partial charge in [-0.15, -0.1) is 0 Å². The van der Waals surface area contributed by atoms with Crippen LogP contribution in [0.4, 0.5) is 0 Å². The Morgan fingerprint density at radius 1 is 0.894 bits per heavy atom. The highest BCUT2D eigenvalue weighted by atomic mass is 32.1. The van der Waals surface area contributed by atoms with Gasteiger partial charge in [-0.2, -0.15) is 5.10 Å². The van der Waals surface area contributed by atoms with Gasteiger partial charge in [0.1, 0.15) is 31.1 Å². The number of amides is 1. The van der Waals surface area contributed by atoms with Gasteiger partial charge in [-0.3, -0.25) is 23.7 Å². The van der Waals surface area contributed by atoms with E-state index in [0.29, 0.717) is 17.3 Å². The summed E-state index contributed by atoms with van der Waals surface area (Å²) in [5.74, 6) is -1.50. The molecule has 1 saturated heterocycles. The second-order valence-electron chi connectivity index (χ2n) is 12.1. The minimum atomic E-state index is -1.27. The quantitative estimate of drug-likeness (QED) is 0.189. The molecule has 47 heavy (non-hydrogen) atoms. The van der Waals surface area contributed by atoms with E-state index in [4.69, 9.17) is 41.0 Å². The Labute approximate surface area is 278 Å². The topological polar surface area (TPSA) is 149 Å². The van der Waals surface area contributed by atoms with Crippen LogP contribution in [-0.4, -0.2) is 69.1 Å². The van der Waals surface area contributed by atoms with Crippen molar-refractivity contribution in [3.05, 3.63) is 70.8 Å². The maximum absolute atomic E-state index is 12.5. The number of nitrogens with one attached hydrogen (secondary N) is 1. The highest BCUT2D eigenvalue weighted by Gasteiger charge is 2.52. The first-order chi connectivity index (χ1) is 22.1. The largest absolute Gasteiger partial charge is 0.486 e. The molecule has 0 radical (unpaired) electrons. The zero-order chi connectivity index (χ0) is 34.5. The van der Waals surface area contributed by atoms with Crippen LogP contribution in [0.15, 0.2) is 54.6 Å². The number of hydrogen-bond acceptors (Lipinski definition) is 11. The third-order valence-corrected chi connectivity index (χ3v) is 7.67. The Kier molecular flexibility index (Phi) is 11.2. The van der Waals surface area contributed by atoms with Crippen molar-refractivity contribution >= 4 is 36.0 Å². The molecule has 252 valence electrons. The first-order valence-corrected chi connectivity index (χ1v) is 15.5. The minimum absolute atomic E-state index is 0.00174. The zero-order valence-corrected chi connectivity index (χ0v) is 28.2. The molecule has 5 atom stereocenters. The molecule has 13 nitrogen and oxygen atoms in total. The van der Waals surface area contributed by atoms with Crippen molar-refractivity contribution in [3.8, 4) is 11.4 Å². The van der Waals surface area contributed by atoms with E-state index in [0.717, 1.165) is 5.56 Å². The molecule has 1 aliphatic heterocycles. The number of carbonyl (C=O) groups excluding carboxylic acids is 4. The summed E-state index contributed by atoms with van der Waals surface area (Å²) < 4.78 is 32.2. The van der Waals surface area contributed by atoms with Gasteiger partial charge in [-0.05, 0) is 47.5 Å². The molecular weight excluding hydrogens is 628 g/mol. The van der Waals surface area contributed by atoms with E-state index in [9.17, 15) is 19.2 Å². The number of hydrogen-bond donors (Lipinski definition) is 1. The van der Waals surface area contributed by atoms with Gasteiger partial charge in [0.25, 0.3) is 0 Å². The molecule has 1 aliphatic rings. The molecule has 4 rings (SSSR count). The summed E-state index contributed by atoms with van der Waals surface area (Å²) >= 11 is 5.94. The Morgan fingerprint density at radius 3 is 2.06 bits per heavy atom. The lowest BCUT2D eigenvalue weighted by Gasteiger charge is -2.45. The summed E-state index contributed by atoms with van der Waals surface area (Å²) in [6, 6.07) is 15.9. The normalized spacial score (nSPS) is 21.0. The van der Waals surface area contributed by atoms with Gasteiger partial charge in [0, 0.05) is 33.4 Å². The number of ether oxygens (including phenoxy) is 5. The van der Waals surface area contributed by atoms with Crippen LogP contribution in [0.1, 0.15) is 66.1 Å². The predicted molar refractivity (Wildman–Crippen MR) is 171 cm³/mol. The molecule has 1 fully saturated rings. The summed E-state index contributed by atoms with van der Waals surface area (Å²) in [4.78, 5) is 48.8. The van der Waals surface area contributed by atoms with Gasteiger partial charge in [0.15, 0.2) is 24.3 Å². The molecule has 1 amide bonds. The van der Waals surface area contributed by atoms with Crippen molar-refractivity contribution in [1.82, 2.24) is 19.7 Å². The van der Waals surface area contributed by atoms with Crippen molar-refractivity contribution in [2.75, 3.05) is 6.61 Å². The summed E-state index contributed by atoms with van der Waals surface area (Å²) in [7, 11) is 0. The van der Waals surface area contributed by atoms with Crippen LogP contribution in [-0.2, 0) is 50.1 Å². The van der Waals surface area contributed by atoms with E-state index < -0.39 is 54.4 Å². The Morgan fingerprint density at radius 2 is 1.51 bits per heavy atom. The predicted octanol–water partition coefficient (Wildman–Crippen LogP) is 4.11. The van der Waals surface area contributed by atoms with Gasteiger partial charge < -0.3 is 29.0 Å². The molecule has 0 saturated carbocycles. The van der Waals surface area contributed by atoms with Crippen LogP contribution in [0, 0.1) is 4.77 Å². The monoisotopic (exact) mass is 668 g/mol. The molecule has 0 unspecified atom stereocenters. The van der Waals surface area contributed by atoms with E-state index in [-0.39, 0.29) is 23.4 Å². The second-order valence-corrected chi connectivity index (χ2v) is 12.5. The molecule has 2 aromatic carbocycles. The van der Waals surface area contributed by atoms with Crippen molar-refractivity contribution in [2.45, 2.75) is 91.1 Å². The maximum Gasteiger partial charge on any atom is 0.303 e. The minimum Gasteiger partial charge on any atom is -0.486 e. The smallest absolute Gasteiger partial charge is 0.303 e. The molecular formula is C33H40N4O9S. The Balaban J connectivity index is 1.82. The molecule has 2 heterocycles. The fourth-order valence-electron chi connectivity index (χ4n) is 5.24. The molecule has 14 heteroatoms. The van der Waals surface area contributed by atoms with Crippen LogP contribution in [0.25, 0.3) is 5.69 Å². The van der Waals surface area contributed by atoms with Crippen LogP contribution >= 0.6 is 12.2 Å². The third kappa shape index (κ3) is 8.83. The Hall–Kier alpha value is -4.56. The number of para-hydroxylation sites is 1. The molecule has 1 aromatic heterocycles. The number of benzene rings is 2. The van der Waals surface area contributed by atoms with Crippen molar-refractivity contribution in [3.63, 3.8) is 0 Å². The van der Waals surface area contributed by atoms with Gasteiger partial charge in [0.05, 0.1) is 0 Å². The number of carbonyl (C=O) groups is 4. The zero-order valence-electron chi connectivity index (χ0n) is 27.4. The van der Waals surface area contributed by atoms with Gasteiger partial charge >= 0.3 is 17.9 Å². The first-order valence-electron chi connectivity index (χ1n) is 15.0. The van der Waals surface area contributed by atoms with Crippen molar-refractivity contribution in [1.29, 1.82) is 0 Å². The summed E-state index contributed by atoms with van der Waals surface area (Å²) in [6.45, 7) is 10.9. The fraction of sp³-hybridized carbons (Fsp3) is 0.455. The molecule has 1 N–H and O–H groups in total. The summed E-state index contributed by atoms with van der Waals surface area (Å²) in [5, 5.41) is 7.54.